The van der Waals surface area contributed by atoms with Crippen molar-refractivity contribution in [3.63, 3.8) is 0 Å². The normalized spacial score (nSPS) is 20.5. The maximum absolute atomic E-state index is 6.23. The molecule has 22 heavy (non-hydrogen) atoms. The molecule has 1 fully saturated rings. The van der Waals surface area contributed by atoms with Crippen LogP contribution in [0.5, 0.6) is 0 Å². The molecule has 0 saturated carbocycles. The fourth-order valence-electron chi connectivity index (χ4n) is 2.10. The topological polar surface area (TPSA) is 44.5 Å². The molecule has 0 spiro atoms. The van der Waals surface area contributed by atoms with E-state index < -0.39 is 18.3 Å². The van der Waals surface area contributed by atoms with Crippen molar-refractivity contribution >= 4 is 48.0 Å². The molecule has 1 heterocycles. The molecule has 7 heteroatoms. The maximum Gasteiger partial charge on any atom is 0.491 e. The SMILES string of the molecule is CC1(C)OB(C(=Cc2cc(Cl)cc(Cl)c2Cl)CN)OC1(C)C. The van der Waals surface area contributed by atoms with E-state index in [0.717, 1.165) is 5.47 Å². The maximum atomic E-state index is 6.23. The van der Waals surface area contributed by atoms with Crippen LogP contribution in [0.3, 0.4) is 0 Å². The first-order valence-corrected chi connectivity index (χ1v) is 8.11. The van der Waals surface area contributed by atoms with Crippen LogP contribution in [0.1, 0.15) is 33.3 Å². The highest BCUT2D eigenvalue weighted by molar-refractivity contribution is 6.56. The van der Waals surface area contributed by atoms with E-state index in [1.54, 1.807) is 12.1 Å². The van der Waals surface area contributed by atoms with Crippen molar-refractivity contribution in [3.05, 3.63) is 38.2 Å². The molecule has 0 aliphatic carbocycles. The molecule has 0 radical (unpaired) electrons. The molecule has 0 unspecified atom stereocenters. The number of halogens is 3. The van der Waals surface area contributed by atoms with Gasteiger partial charge in [0.1, 0.15) is 0 Å². The molecule has 1 aromatic rings. The Labute approximate surface area is 146 Å². The molecule has 1 aromatic carbocycles. The molecule has 0 aromatic heterocycles. The highest BCUT2D eigenvalue weighted by Gasteiger charge is 2.52. The van der Waals surface area contributed by atoms with Gasteiger partial charge >= 0.3 is 7.12 Å². The van der Waals surface area contributed by atoms with E-state index in [1.807, 2.05) is 33.8 Å². The summed E-state index contributed by atoms with van der Waals surface area (Å²) in [4.78, 5) is 0. The Kier molecular flexibility index (Phi) is 5.23. The third kappa shape index (κ3) is 3.48. The molecule has 0 amide bonds. The van der Waals surface area contributed by atoms with Gasteiger partial charge in [-0.15, -0.1) is 0 Å². The molecule has 0 atom stereocenters. The van der Waals surface area contributed by atoms with E-state index in [1.165, 1.54) is 0 Å². The van der Waals surface area contributed by atoms with Crippen LogP contribution < -0.4 is 5.73 Å². The predicted octanol–water partition coefficient (Wildman–Crippen LogP) is 4.62. The van der Waals surface area contributed by atoms with Crippen LogP contribution in [-0.4, -0.2) is 24.9 Å². The Morgan fingerprint density at radius 3 is 2.18 bits per heavy atom. The second kappa shape index (κ2) is 6.35. The fraction of sp³-hybridized carbons (Fsp3) is 0.467. The average Bonchev–Trinajstić information content (AvgIpc) is 2.60. The average molecular weight is 362 g/mol. The van der Waals surface area contributed by atoms with E-state index in [0.29, 0.717) is 20.6 Å². The molecule has 2 rings (SSSR count). The number of hydrogen-bond acceptors (Lipinski definition) is 3. The van der Waals surface area contributed by atoms with Gasteiger partial charge in [0.05, 0.1) is 21.2 Å². The van der Waals surface area contributed by atoms with Gasteiger partial charge in [-0.2, -0.15) is 0 Å². The zero-order chi connectivity index (χ0) is 16.7. The standard InChI is InChI=1S/C15H19BCl3NO2/c1-14(2)15(3,4)22-16(21-14)10(8-20)5-9-6-11(17)7-12(18)13(9)19/h5-7H,8,20H2,1-4H3. The summed E-state index contributed by atoms with van der Waals surface area (Å²) >= 11 is 18.3. The lowest BCUT2D eigenvalue weighted by atomic mass is 9.77. The largest absolute Gasteiger partial charge is 0.491 e. The molecule has 1 aliphatic rings. The van der Waals surface area contributed by atoms with Crippen LogP contribution in [0.15, 0.2) is 17.6 Å². The van der Waals surface area contributed by atoms with E-state index >= 15 is 0 Å². The predicted molar refractivity (Wildman–Crippen MR) is 94.6 cm³/mol. The van der Waals surface area contributed by atoms with Crippen molar-refractivity contribution < 1.29 is 9.31 Å². The van der Waals surface area contributed by atoms with Crippen LogP contribution in [0.25, 0.3) is 6.08 Å². The van der Waals surface area contributed by atoms with E-state index in [-0.39, 0.29) is 6.54 Å². The summed E-state index contributed by atoms with van der Waals surface area (Å²) in [5.41, 5.74) is 6.47. The van der Waals surface area contributed by atoms with Gasteiger partial charge in [0.2, 0.25) is 0 Å². The van der Waals surface area contributed by atoms with Gasteiger partial charge in [0.15, 0.2) is 0 Å². The van der Waals surface area contributed by atoms with Crippen molar-refractivity contribution in [2.45, 2.75) is 38.9 Å². The van der Waals surface area contributed by atoms with Gasteiger partial charge in [-0.05, 0) is 50.9 Å². The lowest BCUT2D eigenvalue weighted by molar-refractivity contribution is 0.00578. The molecule has 1 aliphatic heterocycles. The van der Waals surface area contributed by atoms with E-state index in [4.69, 9.17) is 49.8 Å². The summed E-state index contributed by atoms with van der Waals surface area (Å²) in [6, 6.07) is 3.33. The second-order valence-corrected chi connectivity index (χ2v) is 7.52. The first-order chi connectivity index (χ1) is 10.1. The Morgan fingerprint density at radius 1 is 1.14 bits per heavy atom. The number of nitrogens with two attached hydrogens (primary N) is 1. The van der Waals surface area contributed by atoms with Crippen LogP contribution in [-0.2, 0) is 9.31 Å². The fourth-order valence-corrected chi connectivity index (χ4v) is 2.77. The lowest BCUT2D eigenvalue weighted by Gasteiger charge is -2.32. The first-order valence-electron chi connectivity index (χ1n) is 6.98. The zero-order valence-corrected chi connectivity index (χ0v) is 15.3. The van der Waals surface area contributed by atoms with Gasteiger partial charge in [-0.25, -0.2) is 0 Å². The van der Waals surface area contributed by atoms with Gasteiger partial charge in [0, 0.05) is 11.6 Å². The molecule has 0 bridgehead atoms. The Morgan fingerprint density at radius 2 is 1.68 bits per heavy atom. The highest BCUT2D eigenvalue weighted by atomic mass is 35.5. The van der Waals surface area contributed by atoms with Crippen LogP contribution >= 0.6 is 34.8 Å². The Bertz CT molecular complexity index is 601. The Hall–Kier alpha value is -0.225. The van der Waals surface area contributed by atoms with Crippen LogP contribution in [0.4, 0.5) is 0 Å². The summed E-state index contributed by atoms with van der Waals surface area (Å²) in [5, 5.41) is 1.32. The minimum Gasteiger partial charge on any atom is -0.400 e. The molecular weight excluding hydrogens is 343 g/mol. The number of hydrogen-bond donors (Lipinski definition) is 1. The summed E-state index contributed by atoms with van der Waals surface area (Å²) < 4.78 is 12.0. The summed E-state index contributed by atoms with van der Waals surface area (Å²) in [7, 11) is -0.524. The molecular formula is C15H19BCl3NO2. The summed E-state index contributed by atoms with van der Waals surface area (Å²) in [6.45, 7) is 8.24. The van der Waals surface area contributed by atoms with E-state index in [2.05, 4.69) is 0 Å². The van der Waals surface area contributed by atoms with Gasteiger partial charge in [-0.3, -0.25) is 0 Å². The number of rotatable bonds is 3. The molecule has 2 N–H and O–H groups in total. The summed E-state index contributed by atoms with van der Waals surface area (Å²) in [5.74, 6) is 0. The molecule has 120 valence electrons. The van der Waals surface area contributed by atoms with Crippen molar-refractivity contribution in [2.24, 2.45) is 5.73 Å². The summed E-state index contributed by atoms with van der Waals surface area (Å²) in [6.07, 6.45) is 1.82. The van der Waals surface area contributed by atoms with Gasteiger partial charge < -0.3 is 15.0 Å². The lowest BCUT2D eigenvalue weighted by Crippen LogP contribution is -2.41. The zero-order valence-electron chi connectivity index (χ0n) is 13.0. The third-order valence-electron chi connectivity index (χ3n) is 4.15. The third-order valence-corrected chi connectivity index (χ3v) is 5.19. The monoisotopic (exact) mass is 361 g/mol. The van der Waals surface area contributed by atoms with Gasteiger partial charge in [0.25, 0.3) is 0 Å². The van der Waals surface area contributed by atoms with Crippen LogP contribution in [0.2, 0.25) is 15.1 Å². The van der Waals surface area contributed by atoms with E-state index in [9.17, 15) is 0 Å². The molecule has 3 nitrogen and oxygen atoms in total. The number of benzene rings is 1. The smallest absolute Gasteiger partial charge is 0.400 e. The van der Waals surface area contributed by atoms with Crippen molar-refractivity contribution in [1.29, 1.82) is 0 Å². The Balaban J connectivity index is 2.38. The highest BCUT2D eigenvalue weighted by Crippen LogP contribution is 2.39. The minimum absolute atomic E-state index is 0.275. The molecule has 1 saturated heterocycles. The minimum atomic E-state index is -0.524. The van der Waals surface area contributed by atoms with Crippen LogP contribution in [0, 0.1) is 0 Å². The van der Waals surface area contributed by atoms with Crippen molar-refractivity contribution in [3.8, 4) is 0 Å². The van der Waals surface area contributed by atoms with Crippen molar-refractivity contribution in [2.75, 3.05) is 6.54 Å². The van der Waals surface area contributed by atoms with Gasteiger partial charge in [-0.1, -0.05) is 40.9 Å². The second-order valence-electron chi connectivity index (χ2n) is 6.30. The van der Waals surface area contributed by atoms with Crippen molar-refractivity contribution in [1.82, 2.24) is 0 Å². The first kappa shape index (κ1) is 18.1. The quantitative estimate of drug-likeness (QED) is 0.630.